The normalized spacial score (nSPS) is 40.1. The Balaban J connectivity index is 1.95. The molecule has 0 spiro atoms. The van der Waals surface area contributed by atoms with Gasteiger partial charge in [-0.15, -0.1) is 0 Å². The van der Waals surface area contributed by atoms with E-state index in [0.29, 0.717) is 17.7 Å². The van der Waals surface area contributed by atoms with Crippen molar-refractivity contribution >= 4 is 11.7 Å². The van der Waals surface area contributed by atoms with Crippen LogP contribution in [-0.4, -0.2) is 29.7 Å². The van der Waals surface area contributed by atoms with Crippen molar-refractivity contribution in [3.05, 3.63) is 12.7 Å². The lowest BCUT2D eigenvalue weighted by Crippen LogP contribution is -2.59. The summed E-state index contributed by atoms with van der Waals surface area (Å²) in [5, 5.41) is 0. The molecular weight excluding hydrogens is 262 g/mol. The Morgan fingerprint density at radius 3 is 2.10 bits per heavy atom. The first-order valence-corrected chi connectivity index (χ1v) is 8.45. The molecule has 21 heavy (non-hydrogen) atoms. The number of amides is 1. The second-order valence-corrected chi connectivity index (χ2v) is 7.57. The van der Waals surface area contributed by atoms with E-state index in [1.165, 1.54) is 12.5 Å². The van der Waals surface area contributed by atoms with Crippen LogP contribution in [-0.2, 0) is 9.59 Å². The fourth-order valence-corrected chi connectivity index (χ4v) is 5.86. The summed E-state index contributed by atoms with van der Waals surface area (Å²) in [6, 6.07) is 0. The third kappa shape index (κ3) is 2.08. The summed E-state index contributed by atoms with van der Waals surface area (Å²) in [5.41, 5.74) is -0.524. The van der Waals surface area contributed by atoms with Crippen molar-refractivity contribution in [3.8, 4) is 0 Å². The number of carbonyl (C=O) groups is 2. The average Bonchev–Trinajstić information content (AvgIpc) is 2.46. The van der Waals surface area contributed by atoms with Crippen molar-refractivity contribution < 1.29 is 9.59 Å². The molecule has 0 radical (unpaired) electrons. The molecule has 0 aromatic heterocycles. The lowest BCUT2D eigenvalue weighted by molar-refractivity contribution is -0.171. The maximum Gasteiger partial charge on any atom is 0.228 e. The maximum atomic E-state index is 13.1. The molecule has 1 amide bonds. The fourth-order valence-electron chi connectivity index (χ4n) is 5.86. The van der Waals surface area contributed by atoms with Crippen LogP contribution in [0.25, 0.3) is 0 Å². The third-order valence-corrected chi connectivity index (χ3v) is 6.27. The molecule has 0 aromatic carbocycles. The Morgan fingerprint density at radius 2 is 1.62 bits per heavy atom. The molecule has 3 nitrogen and oxygen atoms in total. The summed E-state index contributed by atoms with van der Waals surface area (Å²) in [7, 11) is 0. The SMILES string of the molecule is C=CC(=O)C12C[C@H]3C[C@@H](C1)CC(C(=O)N(CC)CC)(C3)C2. The zero-order chi connectivity index (χ0) is 15.3. The maximum absolute atomic E-state index is 13.1. The molecule has 4 aliphatic rings. The van der Waals surface area contributed by atoms with E-state index in [-0.39, 0.29) is 16.6 Å². The van der Waals surface area contributed by atoms with Crippen LogP contribution >= 0.6 is 0 Å². The van der Waals surface area contributed by atoms with Gasteiger partial charge >= 0.3 is 0 Å². The Labute approximate surface area is 127 Å². The first-order chi connectivity index (χ1) is 9.98. The lowest BCUT2D eigenvalue weighted by Gasteiger charge is -2.61. The topological polar surface area (TPSA) is 37.4 Å². The minimum Gasteiger partial charge on any atom is -0.343 e. The van der Waals surface area contributed by atoms with E-state index in [9.17, 15) is 9.59 Å². The quantitative estimate of drug-likeness (QED) is 0.729. The predicted molar refractivity (Wildman–Crippen MR) is 82.7 cm³/mol. The van der Waals surface area contributed by atoms with E-state index in [1.807, 2.05) is 18.7 Å². The largest absolute Gasteiger partial charge is 0.343 e. The number of carbonyl (C=O) groups excluding carboxylic acids is 2. The molecule has 4 bridgehead atoms. The zero-order valence-electron chi connectivity index (χ0n) is 13.4. The molecule has 0 N–H and O–H groups in total. The molecule has 0 aliphatic heterocycles. The third-order valence-electron chi connectivity index (χ3n) is 6.27. The summed E-state index contributed by atoms with van der Waals surface area (Å²) in [6.07, 6.45) is 7.48. The van der Waals surface area contributed by atoms with E-state index >= 15 is 0 Å². The van der Waals surface area contributed by atoms with Gasteiger partial charge in [0, 0.05) is 18.5 Å². The monoisotopic (exact) mass is 289 g/mol. The van der Waals surface area contributed by atoms with Crippen molar-refractivity contribution in [2.45, 2.75) is 52.4 Å². The van der Waals surface area contributed by atoms with Gasteiger partial charge in [0.05, 0.1) is 5.41 Å². The first-order valence-electron chi connectivity index (χ1n) is 8.45. The number of rotatable bonds is 5. The van der Waals surface area contributed by atoms with Crippen LogP contribution in [0.15, 0.2) is 12.7 Å². The van der Waals surface area contributed by atoms with Gasteiger partial charge in [0.2, 0.25) is 5.91 Å². The van der Waals surface area contributed by atoms with Gasteiger partial charge in [0.15, 0.2) is 5.78 Å². The van der Waals surface area contributed by atoms with Gasteiger partial charge in [-0.25, -0.2) is 0 Å². The van der Waals surface area contributed by atoms with Crippen molar-refractivity contribution in [1.82, 2.24) is 4.90 Å². The van der Waals surface area contributed by atoms with Crippen LogP contribution in [0.4, 0.5) is 0 Å². The van der Waals surface area contributed by atoms with Gasteiger partial charge in [0.25, 0.3) is 0 Å². The van der Waals surface area contributed by atoms with Crippen LogP contribution in [0.1, 0.15) is 52.4 Å². The molecule has 4 aliphatic carbocycles. The smallest absolute Gasteiger partial charge is 0.228 e. The van der Waals surface area contributed by atoms with Crippen LogP contribution in [0.2, 0.25) is 0 Å². The zero-order valence-corrected chi connectivity index (χ0v) is 13.4. The van der Waals surface area contributed by atoms with Crippen LogP contribution in [0.5, 0.6) is 0 Å². The van der Waals surface area contributed by atoms with Crippen LogP contribution in [0.3, 0.4) is 0 Å². The molecule has 0 heterocycles. The van der Waals surface area contributed by atoms with Crippen molar-refractivity contribution in [1.29, 1.82) is 0 Å². The number of allylic oxidation sites excluding steroid dienone is 1. The van der Waals surface area contributed by atoms with Crippen molar-refractivity contribution in [3.63, 3.8) is 0 Å². The van der Waals surface area contributed by atoms with Gasteiger partial charge in [-0.2, -0.15) is 0 Å². The molecule has 0 saturated heterocycles. The molecule has 3 heteroatoms. The molecule has 4 saturated carbocycles. The molecule has 4 fully saturated rings. The number of ketones is 1. The highest BCUT2D eigenvalue weighted by molar-refractivity contribution is 5.96. The highest BCUT2D eigenvalue weighted by Crippen LogP contribution is 2.66. The van der Waals surface area contributed by atoms with Gasteiger partial charge in [0.1, 0.15) is 0 Å². The van der Waals surface area contributed by atoms with Crippen molar-refractivity contribution in [2.24, 2.45) is 22.7 Å². The number of hydrogen-bond donors (Lipinski definition) is 0. The van der Waals surface area contributed by atoms with Gasteiger partial charge < -0.3 is 4.90 Å². The average molecular weight is 289 g/mol. The standard InChI is InChI=1S/C18H27NO2/c1-4-15(20)17-8-13-7-14(9-17)11-18(10-13,12-17)16(21)19(5-2)6-3/h4,13-14H,1,5-12H2,2-3H3/t13-,14+,17?,18?. The molecule has 0 aromatic rings. The van der Waals surface area contributed by atoms with Gasteiger partial charge in [-0.3, -0.25) is 9.59 Å². The van der Waals surface area contributed by atoms with Gasteiger partial charge in [-0.05, 0) is 70.3 Å². The summed E-state index contributed by atoms with van der Waals surface area (Å²) in [6.45, 7) is 9.35. The minimum atomic E-state index is -0.269. The summed E-state index contributed by atoms with van der Waals surface area (Å²) in [5.74, 6) is 1.63. The molecule has 116 valence electrons. The summed E-state index contributed by atoms with van der Waals surface area (Å²) in [4.78, 5) is 27.6. The van der Waals surface area contributed by atoms with E-state index < -0.39 is 0 Å². The molecule has 4 rings (SSSR count). The number of nitrogens with zero attached hydrogens (tertiary/aromatic N) is 1. The van der Waals surface area contributed by atoms with Crippen molar-refractivity contribution in [2.75, 3.05) is 13.1 Å². The lowest BCUT2D eigenvalue weighted by atomic mass is 9.43. The van der Waals surface area contributed by atoms with E-state index in [2.05, 4.69) is 6.58 Å². The first kappa shape index (κ1) is 14.8. The molecule has 4 atom stereocenters. The van der Waals surface area contributed by atoms with Crippen LogP contribution in [0, 0.1) is 22.7 Å². The van der Waals surface area contributed by atoms with E-state index in [1.54, 1.807) is 0 Å². The highest BCUT2D eigenvalue weighted by Gasteiger charge is 2.62. The Kier molecular flexibility index (Phi) is 3.50. The number of hydrogen-bond acceptors (Lipinski definition) is 2. The van der Waals surface area contributed by atoms with E-state index in [4.69, 9.17) is 0 Å². The Hall–Kier alpha value is -1.12. The fraction of sp³-hybridized carbons (Fsp3) is 0.778. The molecule has 2 unspecified atom stereocenters. The van der Waals surface area contributed by atoms with Gasteiger partial charge in [-0.1, -0.05) is 6.58 Å². The van der Waals surface area contributed by atoms with E-state index in [0.717, 1.165) is 45.2 Å². The second-order valence-electron chi connectivity index (χ2n) is 7.57. The summed E-state index contributed by atoms with van der Waals surface area (Å²) >= 11 is 0. The minimum absolute atomic E-state index is 0.188. The van der Waals surface area contributed by atoms with Crippen LogP contribution < -0.4 is 0 Å². The predicted octanol–water partition coefficient (Wildman–Crippen LogP) is 3.20. The Morgan fingerprint density at radius 1 is 1.10 bits per heavy atom. The molecular formula is C18H27NO2. The second kappa shape index (κ2) is 4.96. The summed E-state index contributed by atoms with van der Waals surface area (Å²) < 4.78 is 0. The highest BCUT2D eigenvalue weighted by atomic mass is 16.2. The Bertz CT molecular complexity index is 464.